The fourth-order valence-electron chi connectivity index (χ4n) is 2.75. The van der Waals surface area contributed by atoms with Gasteiger partial charge in [-0.3, -0.25) is 9.56 Å². The zero-order chi connectivity index (χ0) is 17.9. The minimum absolute atomic E-state index is 0. The lowest BCUT2D eigenvalue weighted by Crippen LogP contribution is -2.39. The van der Waals surface area contributed by atoms with Gasteiger partial charge < -0.3 is 10.6 Å². The van der Waals surface area contributed by atoms with Crippen LogP contribution in [0.3, 0.4) is 0 Å². The monoisotopic (exact) mass is 470 g/mol. The van der Waals surface area contributed by atoms with Crippen LogP contribution >= 0.6 is 24.0 Å². The maximum atomic E-state index is 4.31. The van der Waals surface area contributed by atoms with E-state index in [-0.39, 0.29) is 24.0 Å². The van der Waals surface area contributed by atoms with Gasteiger partial charge in [-0.05, 0) is 24.5 Å². The maximum absolute atomic E-state index is 4.31. The first-order valence-corrected chi connectivity index (χ1v) is 9.17. The Morgan fingerprint density at radius 2 is 1.96 bits per heavy atom. The van der Waals surface area contributed by atoms with E-state index in [1.807, 2.05) is 34.9 Å². The Morgan fingerprint density at radius 3 is 2.62 bits per heavy atom. The second-order valence-corrected chi connectivity index (χ2v) is 6.18. The molecule has 0 spiro atoms. The predicted octanol–water partition coefficient (Wildman–Crippen LogP) is 3.77. The minimum Gasteiger partial charge on any atom is -0.356 e. The normalized spacial score (nSPS) is 12.3. The van der Waals surface area contributed by atoms with Gasteiger partial charge in [0, 0.05) is 19.3 Å². The Bertz CT molecular complexity index is 640. The smallest absolute Gasteiger partial charge is 0.191 e. The molecule has 0 fully saturated rings. The van der Waals surface area contributed by atoms with Gasteiger partial charge in [0.05, 0.1) is 6.54 Å². The minimum atomic E-state index is 0. The molecule has 26 heavy (non-hydrogen) atoms. The molecular weight excluding hydrogens is 439 g/mol. The molecule has 144 valence electrons. The van der Waals surface area contributed by atoms with Gasteiger partial charge in [0.15, 0.2) is 11.8 Å². The Balaban J connectivity index is 0.00000338. The lowest BCUT2D eigenvalue weighted by Gasteiger charge is -2.18. The fraction of sp³-hybridized carbons (Fsp3) is 0.526. The van der Waals surface area contributed by atoms with E-state index in [1.54, 1.807) is 13.4 Å². The second kappa shape index (κ2) is 12.7. The molecule has 0 radical (unpaired) electrons. The lowest BCUT2D eigenvalue weighted by molar-refractivity contribution is 0.443. The number of rotatable bonds is 9. The van der Waals surface area contributed by atoms with Crippen molar-refractivity contribution in [2.75, 3.05) is 13.6 Å². The SMILES string of the molecule is CCCCC(CC)CNC(=NC)NCc1nncn1-c1ccccc1.I. The van der Waals surface area contributed by atoms with Crippen molar-refractivity contribution in [3.63, 3.8) is 0 Å². The van der Waals surface area contributed by atoms with Crippen LogP contribution < -0.4 is 10.6 Å². The molecule has 1 unspecified atom stereocenters. The van der Waals surface area contributed by atoms with Crippen LogP contribution in [0.15, 0.2) is 41.7 Å². The average molecular weight is 470 g/mol. The van der Waals surface area contributed by atoms with Crippen LogP contribution in [0.4, 0.5) is 0 Å². The molecule has 0 aliphatic heterocycles. The first-order valence-electron chi connectivity index (χ1n) is 9.17. The summed E-state index contributed by atoms with van der Waals surface area (Å²) in [6.07, 6.45) is 6.72. The molecule has 0 aliphatic rings. The molecule has 2 N–H and O–H groups in total. The summed E-state index contributed by atoms with van der Waals surface area (Å²) in [6, 6.07) is 10.1. The summed E-state index contributed by atoms with van der Waals surface area (Å²) < 4.78 is 1.98. The molecule has 0 saturated heterocycles. The highest BCUT2D eigenvalue weighted by Gasteiger charge is 2.09. The first-order chi connectivity index (χ1) is 12.3. The van der Waals surface area contributed by atoms with Gasteiger partial charge in [-0.15, -0.1) is 34.2 Å². The molecule has 2 aromatic rings. The third kappa shape index (κ3) is 6.93. The van der Waals surface area contributed by atoms with E-state index < -0.39 is 0 Å². The zero-order valence-corrected chi connectivity index (χ0v) is 18.3. The van der Waals surface area contributed by atoms with Crippen molar-refractivity contribution in [2.45, 2.75) is 46.1 Å². The van der Waals surface area contributed by atoms with Crippen LogP contribution in [-0.4, -0.2) is 34.3 Å². The molecule has 7 heteroatoms. The van der Waals surface area contributed by atoms with Crippen LogP contribution in [0.25, 0.3) is 5.69 Å². The molecule has 1 heterocycles. The highest BCUT2D eigenvalue weighted by Crippen LogP contribution is 2.11. The summed E-state index contributed by atoms with van der Waals surface area (Å²) in [6.45, 7) is 6.01. The maximum Gasteiger partial charge on any atom is 0.191 e. The topological polar surface area (TPSA) is 67.1 Å². The van der Waals surface area contributed by atoms with Crippen molar-refractivity contribution in [1.29, 1.82) is 0 Å². The highest BCUT2D eigenvalue weighted by molar-refractivity contribution is 14.0. The molecule has 1 atom stereocenters. The number of para-hydroxylation sites is 1. The van der Waals surface area contributed by atoms with Crippen LogP contribution in [-0.2, 0) is 6.54 Å². The van der Waals surface area contributed by atoms with Crippen molar-refractivity contribution >= 4 is 29.9 Å². The van der Waals surface area contributed by atoms with Gasteiger partial charge in [-0.25, -0.2) is 0 Å². The number of nitrogens with zero attached hydrogens (tertiary/aromatic N) is 4. The quantitative estimate of drug-likeness (QED) is 0.333. The Labute approximate surface area is 173 Å². The average Bonchev–Trinajstić information content (AvgIpc) is 3.13. The Hall–Kier alpha value is -1.64. The van der Waals surface area contributed by atoms with E-state index in [0.29, 0.717) is 12.5 Å². The number of nitrogens with one attached hydrogen (secondary N) is 2. The van der Waals surface area contributed by atoms with E-state index in [2.05, 4.69) is 39.7 Å². The van der Waals surface area contributed by atoms with Gasteiger partial charge in [0.1, 0.15) is 6.33 Å². The van der Waals surface area contributed by atoms with Crippen molar-refractivity contribution in [1.82, 2.24) is 25.4 Å². The number of hydrogen-bond acceptors (Lipinski definition) is 3. The van der Waals surface area contributed by atoms with Crippen molar-refractivity contribution in [3.05, 3.63) is 42.5 Å². The van der Waals surface area contributed by atoms with E-state index in [4.69, 9.17) is 0 Å². The van der Waals surface area contributed by atoms with Gasteiger partial charge in [-0.1, -0.05) is 51.3 Å². The summed E-state index contributed by atoms with van der Waals surface area (Å²) in [4.78, 5) is 4.31. The van der Waals surface area contributed by atoms with E-state index in [9.17, 15) is 0 Å². The molecule has 2 rings (SSSR count). The van der Waals surface area contributed by atoms with Crippen LogP contribution in [0.2, 0.25) is 0 Å². The van der Waals surface area contributed by atoms with Gasteiger partial charge in [-0.2, -0.15) is 0 Å². The zero-order valence-electron chi connectivity index (χ0n) is 16.0. The van der Waals surface area contributed by atoms with Crippen molar-refractivity contribution in [3.8, 4) is 5.69 Å². The van der Waals surface area contributed by atoms with Crippen molar-refractivity contribution < 1.29 is 0 Å². The van der Waals surface area contributed by atoms with Crippen LogP contribution in [0.5, 0.6) is 0 Å². The van der Waals surface area contributed by atoms with Crippen molar-refractivity contribution in [2.24, 2.45) is 10.9 Å². The van der Waals surface area contributed by atoms with Gasteiger partial charge in [0.25, 0.3) is 0 Å². The number of aromatic nitrogens is 3. The molecule has 6 nitrogen and oxygen atoms in total. The van der Waals surface area contributed by atoms with E-state index >= 15 is 0 Å². The predicted molar refractivity (Wildman–Crippen MR) is 118 cm³/mol. The summed E-state index contributed by atoms with van der Waals surface area (Å²) in [5.74, 6) is 2.34. The Kier molecular flexibility index (Phi) is 10.9. The lowest BCUT2D eigenvalue weighted by atomic mass is 9.99. The summed E-state index contributed by atoms with van der Waals surface area (Å²) in [5, 5.41) is 15.0. The van der Waals surface area contributed by atoms with Gasteiger partial charge in [0.2, 0.25) is 0 Å². The standard InChI is InChI=1S/C19H30N6.HI/c1-4-6-10-16(5-2)13-21-19(20-3)22-14-18-24-23-15-25(18)17-11-8-7-9-12-17;/h7-9,11-12,15-16H,4-6,10,13-14H2,1-3H3,(H2,20,21,22);1H. The molecule has 0 bridgehead atoms. The highest BCUT2D eigenvalue weighted by atomic mass is 127. The summed E-state index contributed by atoms with van der Waals surface area (Å²) in [5.41, 5.74) is 1.05. The number of unbranched alkanes of at least 4 members (excludes halogenated alkanes) is 1. The number of benzene rings is 1. The molecule has 0 saturated carbocycles. The summed E-state index contributed by atoms with van der Waals surface area (Å²) >= 11 is 0. The molecule has 1 aromatic heterocycles. The van der Waals surface area contributed by atoms with E-state index in [1.165, 1.54) is 25.7 Å². The van der Waals surface area contributed by atoms with Crippen LogP contribution in [0.1, 0.15) is 45.4 Å². The van der Waals surface area contributed by atoms with E-state index in [0.717, 1.165) is 24.0 Å². The molecule has 1 aromatic carbocycles. The number of aliphatic imine (C=N–C) groups is 1. The molecular formula is C19H31IN6. The molecule has 0 aliphatic carbocycles. The third-order valence-corrected chi connectivity index (χ3v) is 4.39. The van der Waals surface area contributed by atoms with Gasteiger partial charge >= 0.3 is 0 Å². The third-order valence-electron chi connectivity index (χ3n) is 4.39. The number of hydrogen-bond donors (Lipinski definition) is 2. The second-order valence-electron chi connectivity index (χ2n) is 6.18. The van der Waals surface area contributed by atoms with Crippen LogP contribution in [0, 0.1) is 5.92 Å². The molecule has 0 amide bonds. The summed E-state index contributed by atoms with van der Waals surface area (Å²) in [7, 11) is 1.80. The fourth-order valence-corrected chi connectivity index (χ4v) is 2.75. The number of halogens is 1. The largest absolute Gasteiger partial charge is 0.356 e. The number of guanidine groups is 1. The Morgan fingerprint density at radius 1 is 1.19 bits per heavy atom. The first kappa shape index (κ1) is 22.4.